The number of fused-ring (bicyclic) bond motifs is 1. The molecule has 0 aliphatic heterocycles. The van der Waals surface area contributed by atoms with Crippen LogP contribution in [0.1, 0.15) is 12.5 Å². The van der Waals surface area contributed by atoms with Crippen molar-refractivity contribution in [1.82, 2.24) is 9.97 Å². The minimum absolute atomic E-state index is 0.508. The molecule has 1 aromatic carbocycles. The molecule has 126 valence electrons. The Labute approximate surface area is 137 Å². The highest BCUT2D eigenvalue weighted by Gasteiger charge is 2.30. The van der Waals surface area contributed by atoms with E-state index in [0.29, 0.717) is 11.5 Å². The van der Waals surface area contributed by atoms with Gasteiger partial charge in [0.25, 0.3) is 0 Å². The maximum atomic E-state index is 12.1. The molecule has 0 atom stereocenters. The summed E-state index contributed by atoms with van der Waals surface area (Å²) in [6.45, 7) is 6.91. The molecule has 1 aromatic heterocycles. The number of benzene rings is 1. The number of aryl methyl sites for hydroxylation is 1. The lowest BCUT2D eigenvalue weighted by molar-refractivity contribution is -0.303. The third-order valence-electron chi connectivity index (χ3n) is 3.06. The molecule has 0 saturated heterocycles. The van der Waals surface area contributed by atoms with Gasteiger partial charge in [-0.25, -0.2) is 9.97 Å². The van der Waals surface area contributed by atoms with Gasteiger partial charge in [-0.3, -0.25) is 0 Å². The van der Waals surface area contributed by atoms with E-state index >= 15 is 0 Å². The first-order chi connectivity index (χ1) is 11.3. The van der Waals surface area contributed by atoms with Crippen LogP contribution in [0.25, 0.3) is 10.9 Å². The summed E-state index contributed by atoms with van der Waals surface area (Å²) in [5.41, 5.74) is 2.39. The molecule has 0 radical (unpaired) electrons. The highest BCUT2D eigenvalue weighted by atomic mass is 19.4. The smallest absolute Gasteiger partial charge is 0.406 e. The molecule has 1 heterocycles. The highest BCUT2D eigenvalue weighted by molar-refractivity contribution is 5.89. The predicted octanol–water partition coefficient (Wildman–Crippen LogP) is 4.86. The number of alkyl halides is 3. The van der Waals surface area contributed by atoms with Crippen LogP contribution in [0.3, 0.4) is 0 Å². The average molecular weight is 335 g/mol. The molecule has 2 aromatic rings. The maximum absolute atomic E-state index is 12.1. The first-order valence-corrected chi connectivity index (χ1v) is 7.06. The second-order valence-corrected chi connectivity index (χ2v) is 4.96. The minimum atomic E-state index is -4.76. The lowest BCUT2D eigenvalue weighted by Gasteiger charge is -2.10. The standard InChI is InChI=1S/C17H16F3N3O/c1-4-13(7-6-12(3)24-17(18,19)20)23-16-14-8-5-11(2)9-15(14)21-10-22-16/h4-10H,3H2,1-2H3,(H,21,22,23)/b7-6-,13-4+. The molecular weight excluding hydrogens is 319 g/mol. The Kier molecular flexibility index (Phi) is 5.23. The molecule has 1 N–H and O–H groups in total. The van der Waals surface area contributed by atoms with Crippen molar-refractivity contribution in [2.45, 2.75) is 20.2 Å². The van der Waals surface area contributed by atoms with Crippen LogP contribution in [0, 0.1) is 6.92 Å². The van der Waals surface area contributed by atoms with Crippen molar-refractivity contribution in [2.24, 2.45) is 0 Å². The molecule has 0 aliphatic rings. The zero-order valence-electron chi connectivity index (χ0n) is 13.2. The molecule has 24 heavy (non-hydrogen) atoms. The second kappa shape index (κ2) is 7.16. The summed E-state index contributed by atoms with van der Waals surface area (Å²) in [4.78, 5) is 8.38. The lowest BCUT2D eigenvalue weighted by atomic mass is 10.1. The fourth-order valence-corrected chi connectivity index (χ4v) is 1.98. The summed E-state index contributed by atoms with van der Waals surface area (Å²) in [5.74, 6) is 0.0481. The van der Waals surface area contributed by atoms with E-state index in [1.54, 1.807) is 13.0 Å². The Morgan fingerprint density at radius 2 is 2.00 bits per heavy atom. The monoisotopic (exact) mass is 335 g/mol. The second-order valence-electron chi connectivity index (χ2n) is 4.96. The quantitative estimate of drug-likeness (QED) is 0.626. The summed E-state index contributed by atoms with van der Waals surface area (Å²) in [7, 11) is 0. The summed E-state index contributed by atoms with van der Waals surface area (Å²) >= 11 is 0. The van der Waals surface area contributed by atoms with E-state index in [-0.39, 0.29) is 0 Å². The summed E-state index contributed by atoms with van der Waals surface area (Å²) < 4.78 is 40.0. The Morgan fingerprint density at radius 3 is 2.67 bits per heavy atom. The summed E-state index contributed by atoms with van der Waals surface area (Å²) in [6.07, 6.45) is 0.914. The largest absolute Gasteiger partial charge is 0.573 e. The van der Waals surface area contributed by atoms with Crippen molar-refractivity contribution in [3.05, 3.63) is 66.4 Å². The van der Waals surface area contributed by atoms with Gasteiger partial charge in [0.15, 0.2) is 0 Å². The Bertz CT molecular complexity index is 810. The molecule has 0 aliphatic carbocycles. The van der Waals surface area contributed by atoms with E-state index in [4.69, 9.17) is 0 Å². The van der Waals surface area contributed by atoms with E-state index in [1.807, 2.05) is 25.1 Å². The van der Waals surface area contributed by atoms with E-state index in [2.05, 4.69) is 26.6 Å². The van der Waals surface area contributed by atoms with Gasteiger partial charge in [0.1, 0.15) is 17.9 Å². The molecule has 4 nitrogen and oxygen atoms in total. The molecule has 2 rings (SSSR count). The summed E-state index contributed by atoms with van der Waals surface area (Å²) in [5, 5.41) is 3.86. The molecule has 0 fully saturated rings. The van der Waals surface area contributed by atoms with Crippen LogP contribution in [-0.2, 0) is 4.74 Å². The number of aromatic nitrogens is 2. The van der Waals surface area contributed by atoms with Crippen LogP contribution >= 0.6 is 0 Å². The number of halogens is 3. The van der Waals surface area contributed by atoms with Crippen LogP contribution in [0.4, 0.5) is 19.0 Å². The SMILES string of the molecule is C=C(/C=C\C(=C/C)Nc1ncnc2cc(C)ccc12)OC(F)(F)F. The topological polar surface area (TPSA) is 47.0 Å². The number of nitrogens with zero attached hydrogens (tertiary/aromatic N) is 2. The number of ether oxygens (including phenoxy) is 1. The average Bonchev–Trinajstić information content (AvgIpc) is 2.49. The fourth-order valence-electron chi connectivity index (χ4n) is 1.98. The number of allylic oxidation sites excluding steroid dienone is 3. The van der Waals surface area contributed by atoms with Crippen molar-refractivity contribution < 1.29 is 17.9 Å². The van der Waals surface area contributed by atoms with E-state index in [1.165, 1.54) is 12.4 Å². The van der Waals surface area contributed by atoms with Crippen molar-refractivity contribution >= 4 is 16.7 Å². The van der Waals surface area contributed by atoms with Crippen molar-refractivity contribution in [3.63, 3.8) is 0 Å². The van der Waals surface area contributed by atoms with Crippen LogP contribution in [0.15, 0.2) is 60.8 Å². The van der Waals surface area contributed by atoms with E-state index in [9.17, 15) is 13.2 Å². The number of anilines is 1. The van der Waals surface area contributed by atoms with E-state index in [0.717, 1.165) is 22.5 Å². The lowest BCUT2D eigenvalue weighted by Crippen LogP contribution is -2.11. The van der Waals surface area contributed by atoms with Crippen molar-refractivity contribution in [3.8, 4) is 0 Å². The van der Waals surface area contributed by atoms with Crippen LogP contribution in [0.2, 0.25) is 0 Å². The molecule has 0 bridgehead atoms. The first-order valence-electron chi connectivity index (χ1n) is 7.06. The Hall–Kier alpha value is -2.83. The van der Waals surface area contributed by atoms with Gasteiger partial charge in [-0.05, 0) is 43.7 Å². The predicted molar refractivity (Wildman–Crippen MR) is 87.1 cm³/mol. The molecule has 0 saturated carbocycles. The Morgan fingerprint density at radius 1 is 1.25 bits per heavy atom. The van der Waals surface area contributed by atoms with Gasteiger partial charge in [-0.15, -0.1) is 13.2 Å². The molecular formula is C17H16F3N3O. The Balaban J connectivity index is 2.18. The van der Waals surface area contributed by atoms with Gasteiger partial charge in [0.05, 0.1) is 5.52 Å². The number of nitrogens with one attached hydrogen (secondary N) is 1. The van der Waals surface area contributed by atoms with Gasteiger partial charge in [-0.2, -0.15) is 0 Å². The van der Waals surface area contributed by atoms with Gasteiger partial charge in [0, 0.05) is 11.1 Å². The van der Waals surface area contributed by atoms with Crippen LogP contribution in [0.5, 0.6) is 0 Å². The van der Waals surface area contributed by atoms with Gasteiger partial charge in [-0.1, -0.05) is 18.7 Å². The maximum Gasteiger partial charge on any atom is 0.573 e. The van der Waals surface area contributed by atoms with Gasteiger partial charge in [0.2, 0.25) is 0 Å². The molecule has 7 heteroatoms. The third kappa shape index (κ3) is 4.84. The minimum Gasteiger partial charge on any atom is -0.406 e. The molecule has 0 spiro atoms. The number of hydrogen-bond donors (Lipinski definition) is 1. The number of hydrogen-bond acceptors (Lipinski definition) is 4. The normalized spacial score (nSPS) is 12.6. The molecule has 0 unspecified atom stereocenters. The van der Waals surface area contributed by atoms with Crippen molar-refractivity contribution in [1.29, 1.82) is 0 Å². The first kappa shape index (κ1) is 17.5. The fraction of sp³-hybridized carbons (Fsp3) is 0.176. The third-order valence-corrected chi connectivity index (χ3v) is 3.06. The number of rotatable bonds is 5. The molecule has 0 amide bonds. The van der Waals surface area contributed by atoms with Crippen LogP contribution in [-0.4, -0.2) is 16.3 Å². The van der Waals surface area contributed by atoms with Crippen LogP contribution < -0.4 is 5.32 Å². The van der Waals surface area contributed by atoms with E-state index < -0.39 is 12.1 Å². The van der Waals surface area contributed by atoms with Gasteiger partial charge >= 0.3 is 6.36 Å². The van der Waals surface area contributed by atoms with Gasteiger partial charge < -0.3 is 10.1 Å². The highest BCUT2D eigenvalue weighted by Crippen LogP contribution is 2.23. The van der Waals surface area contributed by atoms with Crippen molar-refractivity contribution in [2.75, 3.05) is 5.32 Å². The summed E-state index contributed by atoms with van der Waals surface area (Å²) in [6, 6.07) is 5.74. The zero-order valence-corrected chi connectivity index (χ0v) is 13.2. The zero-order chi connectivity index (χ0) is 17.7.